The highest BCUT2D eigenvalue weighted by Crippen LogP contribution is 2.23. The smallest absolute Gasteiger partial charge is 0.130 e. The zero-order chi connectivity index (χ0) is 16.2. The lowest BCUT2D eigenvalue weighted by Gasteiger charge is -2.19. The Bertz CT molecular complexity index is 783. The van der Waals surface area contributed by atoms with Gasteiger partial charge < -0.3 is 4.57 Å². The standard InChI is InChI=1S/C18H17ClFN3/c1-23-11-10-21-18(23)17(13-6-8-15(20)9-7-13)22-12-14-4-2-3-5-16(14)19/h2-11,17,22H,12H2,1H3/t17-/m1/s1. The molecule has 3 nitrogen and oxygen atoms in total. The number of hydrogen-bond donors (Lipinski definition) is 1. The van der Waals surface area contributed by atoms with Crippen LogP contribution >= 0.6 is 11.6 Å². The van der Waals surface area contributed by atoms with E-state index < -0.39 is 0 Å². The van der Waals surface area contributed by atoms with E-state index in [0.29, 0.717) is 6.54 Å². The van der Waals surface area contributed by atoms with Gasteiger partial charge in [-0.1, -0.05) is 41.9 Å². The van der Waals surface area contributed by atoms with Gasteiger partial charge in [0.1, 0.15) is 11.6 Å². The van der Waals surface area contributed by atoms with E-state index >= 15 is 0 Å². The average Bonchev–Trinajstić information content (AvgIpc) is 2.97. The summed E-state index contributed by atoms with van der Waals surface area (Å²) >= 11 is 6.22. The Kier molecular flexibility index (Phi) is 4.74. The van der Waals surface area contributed by atoms with Crippen LogP contribution in [0.2, 0.25) is 5.02 Å². The molecule has 1 aromatic heterocycles. The van der Waals surface area contributed by atoms with Gasteiger partial charge in [-0.3, -0.25) is 5.32 Å². The van der Waals surface area contributed by atoms with Crippen molar-refractivity contribution in [3.8, 4) is 0 Å². The molecule has 0 radical (unpaired) electrons. The second-order valence-corrected chi connectivity index (χ2v) is 5.76. The van der Waals surface area contributed by atoms with E-state index in [1.807, 2.05) is 42.1 Å². The Labute approximate surface area is 139 Å². The summed E-state index contributed by atoms with van der Waals surface area (Å²) in [6, 6.07) is 14.0. The van der Waals surface area contributed by atoms with Gasteiger partial charge in [-0.2, -0.15) is 0 Å². The first-order valence-electron chi connectivity index (χ1n) is 7.34. The van der Waals surface area contributed by atoms with Crippen LogP contribution in [0.4, 0.5) is 4.39 Å². The number of nitrogens with zero attached hydrogens (tertiary/aromatic N) is 2. The SMILES string of the molecule is Cn1ccnc1[C@H](NCc1ccccc1Cl)c1ccc(F)cc1. The third-order valence-corrected chi connectivity index (χ3v) is 4.14. The Morgan fingerprint density at radius 2 is 1.91 bits per heavy atom. The summed E-state index contributed by atoms with van der Waals surface area (Å²) in [5.41, 5.74) is 1.96. The first-order chi connectivity index (χ1) is 11.1. The van der Waals surface area contributed by atoms with Crippen molar-refractivity contribution in [3.63, 3.8) is 0 Å². The number of halogens is 2. The van der Waals surface area contributed by atoms with Crippen LogP contribution in [0, 0.1) is 5.82 Å². The minimum absolute atomic E-state index is 0.146. The molecule has 0 saturated heterocycles. The average molecular weight is 330 g/mol. The highest BCUT2D eigenvalue weighted by molar-refractivity contribution is 6.31. The summed E-state index contributed by atoms with van der Waals surface area (Å²) in [4.78, 5) is 4.42. The number of benzene rings is 2. The van der Waals surface area contributed by atoms with Gasteiger partial charge in [-0.05, 0) is 29.3 Å². The topological polar surface area (TPSA) is 29.9 Å². The molecule has 0 aliphatic rings. The van der Waals surface area contributed by atoms with Gasteiger partial charge in [0.2, 0.25) is 0 Å². The fourth-order valence-electron chi connectivity index (χ4n) is 2.52. The zero-order valence-electron chi connectivity index (χ0n) is 12.7. The van der Waals surface area contributed by atoms with E-state index in [4.69, 9.17) is 11.6 Å². The van der Waals surface area contributed by atoms with Crippen molar-refractivity contribution in [2.75, 3.05) is 0 Å². The van der Waals surface area contributed by atoms with E-state index in [1.165, 1.54) is 12.1 Å². The van der Waals surface area contributed by atoms with Gasteiger partial charge in [0.15, 0.2) is 0 Å². The summed E-state index contributed by atoms with van der Waals surface area (Å²) < 4.78 is 15.2. The number of rotatable bonds is 5. The monoisotopic (exact) mass is 329 g/mol. The van der Waals surface area contributed by atoms with Gasteiger partial charge in [0.25, 0.3) is 0 Å². The molecular weight excluding hydrogens is 313 g/mol. The van der Waals surface area contributed by atoms with Crippen molar-refractivity contribution < 1.29 is 4.39 Å². The summed E-state index contributed by atoms with van der Waals surface area (Å²) in [7, 11) is 1.94. The molecule has 0 aliphatic heterocycles. The summed E-state index contributed by atoms with van der Waals surface area (Å²) in [6.45, 7) is 0.592. The lowest BCUT2D eigenvalue weighted by Crippen LogP contribution is -2.25. The minimum Gasteiger partial charge on any atom is -0.336 e. The quantitative estimate of drug-likeness (QED) is 0.764. The highest BCUT2D eigenvalue weighted by Gasteiger charge is 2.18. The van der Waals surface area contributed by atoms with Gasteiger partial charge >= 0.3 is 0 Å². The highest BCUT2D eigenvalue weighted by atomic mass is 35.5. The first-order valence-corrected chi connectivity index (χ1v) is 7.72. The van der Waals surface area contributed by atoms with E-state index in [1.54, 1.807) is 18.3 Å². The van der Waals surface area contributed by atoms with Gasteiger partial charge in [-0.15, -0.1) is 0 Å². The van der Waals surface area contributed by atoms with Crippen molar-refractivity contribution in [2.24, 2.45) is 7.05 Å². The molecule has 0 aliphatic carbocycles. The molecule has 118 valence electrons. The van der Waals surface area contributed by atoms with E-state index in [-0.39, 0.29) is 11.9 Å². The minimum atomic E-state index is -0.251. The van der Waals surface area contributed by atoms with Crippen molar-refractivity contribution in [1.82, 2.24) is 14.9 Å². The maximum atomic E-state index is 13.2. The number of aryl methyl sites for hydroxylation is 1. The second kappa shape index (κ2) is 6.94. The molecule has 5 heteroatoms. The third-order valence-electron chi connectivity index (χ3n) is 3.77. The van der Waals surface area contributed by atoms with E-state index in [0.717, 1.165) is 22.0 Å². The molecular formula is C18H17ClFN3. The molecule has 0 bridgehead atoms. The van der Waals surface area contributed by atoms with Crippen LogP contribution < -0.4 is 5.32 Å². The van der Waals surface area contributed by atoms with Crippen LogP contribution in [0.3, 0.4) is 0 Å². The molecule has 1 atom stereocenters. The molecule has 0 saturated carbocycles. The van der Waals surface area contributed by atoms with Crippen LogP contribution in [-0.2, 0) is 13.6 Å². The maximum Gasteiger partial charge on any atom is 0.130 e. The van der Waals surface area contributed by atoms with Crippen LogP contribution in [-0.4, -0.2) is 9.55 Å². The van der Waals surface area contributed by atoms with Gasteiger partial charge in [0, 0.05) is 31.0 Å². The lowest BCUT2D eigenvalue weighted by atomic mass is 10.1. The summed E-state index contributed by atoms with van der Waals surface area (Å²) in [5.74, 6) is 0.613. The molecule has 0 spiro atoms. The van der Waals surface area contributed by atoms with Gasteiger partial charge in [-0.25, -0.2) is 9.37 Å². The molecule has 0 fully saturated rings. The van der Waals surface area contributed by atoms with Crippen LogP contribution in [0.25, 0.3) is 0 Å². The van der Waals surface area contributed by atoms with Crippen molar-refractivity contribution >= 4 is 11.6 Å². The first kappa shape index (κ1) is 15.7. The molecule has 1 N–H and O–H groups in total. The van der Waals surface area contributed by atoms with E-state index in [2.05, 4.69) is 10.3 Å². The van der Waals surface area contributed by atoms with Gasteiger partial charge in [0.05, 0.1) is 6.04 Å². The summed E-state index contributed by atoms with van der Waals surface area (Å²) in [6.07, 6.45) is 3.64. The van der Waals surface area contributed by atoms with Crippen LogP contribution in [0.5, 0.6) is 0 Å². The molecule has 0 unspecified atom stereocenters. The van der Waals surface area contributed by atoms with Crippen LogP contribution in [0.15, 0.2) is 60.9 Å². The number of nitrogens with one attached hydrogen (secondary N) is 1. The number of hydrogen-bond acceptors (Lipinski definition) is 2. The maximum absolute atomic E-state index is 13.2. The van der Waals surface area contributed by atoms with Crippen molar-refractivity contribution in [1.29, 1.82) is 0 Å². The fourth-order valence-corrected chi connectivity index (χ4v) is 2.73. The van der Waals surface area contributed by atoms with Crippen LogP contribution in [0.1, 0.15) is 23.0 Å². The van der Waals surface area contributed by atoms with Crippen molar-refractivity contribution in [3.05, 3.63) is 88.7 Å². The fraction of sp³-hybridized carbons (Fsp3) is 0.167. The molecule has 1 heterocycles. The summed E-state index contributed by atoms with van der Waals surface area (Å²) in [5, 5.41) is 4.19. The lowest BCUT2D eigenvalue weighted by molar-refractivity contribution is 0.556. The molecule has 2 aromatic carbocycles. The molecule has 3 rings (SSSR count). The Balaban J connectivity index is 1.88. The third kappa shape index (κ3) is 3.60. The Morgan fingerprint density at radius 1 is 1.17 bits per heavy atom. The predicted molar refractivity (Wildman–Crippen MR) is 89.7 cm³/mol. The van der Waals surface area contributed by atoms with Crippen molar-refractivity contribution in [2.45, 2.75) is 12.6 Å². The Hall–Kier alpha value is -2.17. The largest absolute Gasteiger partial charge is 0.336 e. The second-order valence-electron chi connectivity index (χ2n) is 5.35. The molecule has 23 heavy (non-hydrogen) atoms. The zero-order valence-corrected chi connectivity index (χ0v) is 13.5. The Morgan fingerprint density at radius 3 is 2.57 bits per heavy atom. The van der Waals surface area contributed by atoms with E-state index in [9.17, 15) is 4.39 Å². The number of aromatic nitrogens is 2. The number of imidazole rings is 1. The molecule has 0 amide bonds. The normalized spacial score (nSPS) is 12.3. The predicted octanol–water partition coefficient (Wildman–Crippen LogP) is 4.09. The molecule has 3 aromatic rings.